The van der Waals surface area contributed by atoms with Gasteiger partial charge in [-0.15, -0.1) is 47.0 Å². The minimum absolute atomic E-state index is 0.0320. The summed E-state index contributed by atoms with van der Waals surface area (Å²) in [6.45, 7) is 28.4. The van der Waals surface area contributed by atoms with Crippen molar-refractivity contribution in [3.8, 4) is 0 Å². The van der Waals surface area contributed by atoms with E-state index in [1.165, 1.54) is 48.7 Å². The number of unbranched alkanes of at least 4 members (excludes halogenated alkanes) is 1. The molecule has 0 aromatic carbocycles. The Labute approximate surface area is 281 Å². The first-order chi connectivity index (χ1) is 19.2. The van der Waals surface area contributed by atoms with Crippen LogP contribution in [0.25, 0.3) is 0 Å². The number of aliphatic hydroxyl groups is 1. The Morgan fingerprint density at radius 3 is 1.64 bits per heavy atom. The molecule has 0 spiro atoms. The molecule has 2 saturated heterocycles. The van der Waals surface area contributed by atoms with Crippen molar-refractivity contribution in [3.63, 3.8) is 0 Å². The van der Waals surface area contributed by atoms with Gasteiger partial charge in [0.05, 0.1) is 14.3 Å². The molecule has 2 heterocycles. The predicted molar refractivity (Wildman–Crippen MR) is 203 cm³/mol. The summed E-state index contributed by atoms with van der Waals surface area (Å²) in [4.78, 5) is 0. The van der Waals surface area contributed by atoms with E-state index in [2.05, 4.69) is 129 Å². The Morgan fingerprint density at radius 2 is 1.17 bits per heavy atom. The molecule has 42 heavy (non-hydrogen) atoms. The molecule has 2 rings (SSSR count). The Bertz CT molecular complexity index is 785. The summed E-state index contributed by atoms with van der Waals surface area (Å²) >= 11 is 8.55. The van der Waals surface area contributed by atoms with Gasteiger partial charge >= 0.3 is 0 Å². The highest BCUT2D eigenvalue weighted by Crippen LogP contribution is 2.53. The summed E-state index contributed by atoms with van der Waals surface area (Å²) in [6, 6.07) is 0. The van der Waals surface area contributed by atoms with Gasteiger partial charge in [0.15, 0.2) is 16.6 Å². The lowest BCUT2D eigenvalue weighted by Crippen LogP contribution is -2.47. The lowest BCUT2D eigenvalue weighted by Gasteiger charge is -2.46. The van der Waals surface area contributed by atoms with Crippen molar-refractivity contribution in [1.82, 2.24) is 0 Å². The average molecular weight is 697 g/mol. The molecule has 0 radical (unpaired) electrons. The average Bonchev–Trinajstić information content (AvgIpc) is 2.84. The molecule has 3 atom stereocenters. The fourth-order valence-electron chi connectivity index (χ4n) is 5.37. The van der Waals surface area contributed by atoms with E-state index in [4.69, 9.17) is 8.85 Å². The summed E-state index contributed by atoms with van der Waals surface area (Å²) in [6.07, 6.45) is 11.1. The number of hydrogen-bond acceptors (Lipinski definition) is 7. The van der Waals surface area contributed by atoms with Crippen molar-refractivity contribution in [2.45, 2.75) is 182 Å². The molecule has 0 unspecified atom stereocenters. The van der Waals surface area contributed by atoms with E-state index in [1.54, 1.807) is 0 Å². The molecule has 2 aliphatic heterocycles. The quantitative estimate of drug-likeness (QED) is 0.161. The third kappa shape index (κ3) is 12.7. The summed E-state index contributed by atoms with van der Waals surface area (Å²) in [7, 11) is -3.78. The number of thioether (sulfide) groups is 4. The fraction of sp³-hybridized carbons (Fsp3) is 1.00. The van der Waals surface area contributed by atoms with Crippen LogP contribution in [0.2, 0.25) is 36.3 Å². The lowest BCUT2D eigenvalue weighted by atomic mass is 9.99. The topological polar surface area (TPSA) is 38.7 Å². The lowest BCUT2D eigenvalue weighted by molar-refractivity contribution is 0.0984. The van der Waals surface area contributed by atoms with Gasteiger partial charge in [-0.25, -0.2) is 0 Å². The molecule has 1 N–H and O–H groups in total. The standard InChI is InChI=1S/C33H68O3S4Si2/c1-13-14-17-28(35-41(9,10)30(2,3)4)19-18-27(34)24-33(39-22-16-23-40-33)26-29(36-42(11,12)31(5,6)7)25-32(8)37-20-15-21-38-32/h27-29,34H,13-26H2,1-12H3/t27-,28+,29+/m1/s1. The first-order valence-electron chi connectivity index (χ1n) is 16.8. The third-order valence-electron chi connectivity index (χ3n) is 10.0. The van der Waals surface area contributed by atoms with E-state index in [1.807, 2.05) is 0 Å². The zero-order valence-electron chi connectivity index (χ0n) is 29.5. The number of hydrogen-bond donors (Lipinski definition) is 1. The summed E-state index contributed by atoms with van der Waals surface area (Å²) in [5.74, 6) is 4.92. The molecular weight excluding hydrogens is 629 g/mol. The highest BCUT2D eigenvalue weighted by molar-refractivity contribution is 8.19. The normalized spacial score (nSPS) is 22.5. The van der Waals surface area contributed by atoms with Crippen LogP contribution < -0.4 is 0 Å². The Balaban J connectivity index is 2.20. The van der Waals surface area contributed by atoms with E-state index in [-0.39, 0.29) is 36.5 Å². The maximum Gasteiger partial charge on any atom is 0.192 e. The Kier molecular flexibility index (Phi) is 15.9. The second-order valence-electron chi connectivity index (χ2n) is 16.1. The van der Waals surface area contributed by atoms with E-state index in [0.717, 1.165) is 38.5 Å². The monoisotopic (exact) mass is 696 g/mol. The van der Waals surface area contributed by atoms with Gasteiger partial charge in [-0.3, -0.25) is 0 Å². The molecule has 2 aliphatic rings. The maximum atomic E-state index is 11.6. The van der Waals surface area contributed by atoms with Crippen LogP contribution >= 0.6 is 47.0 Å². The highest BCUT2D eigenvalue weighted by Gasteiger charge is 2.46. The molecule has 0 bridgehead atoms. The van der Waals surface area contributed by atoms with Crippen LogP contribution in [-0.2, 0) is 8.85 Å². The predicted octanol–water partition coefficient (Wildman–Crippen LogP) is 11.4. The van der Waals surface area contributed by atoms with Crippen LogP contribution in [0.1, 0.15) is 120 Å². The zero-order chi connectivity index (χ0) is 31.9. The van der Waals surface area contributed by atoms with Crippen molar-refractivity contribution in [2.24, 2.45) is 0 Å². The fourth-order valence-corrected chi connectivity index (χ4v) is 14.8. The van der Waals surface area contributed by atoms with E-state index >= 15 is 0 Å². The Hall–Kier alpha value is 1.71. The molecule has 0 aliphatic carbocycles. The molecule has 0 saturated carbocycles. The van der Waals surface area contributed by atoms with Crippen LogP contribution in [0, 0.1) is 0 Å². The van der Waals surface area contributed by atoms with Crippen LogP contribution in [0.3, 0.4) is 0 Å². The zero-order valence-corrected chi connectivity index (χ0v) is 34.8. The van der Waals surface area contributed by atoms with Gasteiger partial charge in [-0.2, -0.15) is 0 Å². The van der Waals surface area contributed by atoms with Gasteiger partial charge in [-0.1, -0.05) is 61.3 Å². The van der Waals surface area contributed by atoms with Crippen LogP contribution in [0.5, 0.6) is 0 Å². The van der Waals surface area contributed by atoms with Crippen LogP contribution in [-0.4, -0.2) is 71.2 Å². The molecule has 250 valence electrons. The summed E-state index contributed by atoms with van der Waals surface area (Å²) < 4.78 is 14.5. The first kappa shape index (κ1) is 39.9. The molecule has 3 nitrogen and oxygen atoms in total. The summed E-state index contributed by atoms with van der Waals surface area (Å²) in [5, 5.41) is 12.0. The van der Waals surface area contributed by atoms with Crippen molar-refractivity contribution in [1.29, 1.82) is 0 Å². The van der Waals surface area contributed by atoms with E-state index in [0.29, 0.717) is 0 Å². The SMILES string of the molecule is CCCC[C@@H](CC[C@@H](O)CC1(C[C@H](CC2(C)SCCCS2)O[Si](C)(C)C(C)(C)C)SCCCS1)O[Si](C)(C)C(C)(C)C. The van der Waals surface area contributed by atoms with Crippen molar-refractivity contribution < 1.29 is 14.0 Å². The molecule has 0 aromatic heterocycles. The molecule has 0 amide bonds. The maximum absolute atomic E-state index is 11.6. The van der Waals surface area contributed by atoms with Crippen molar-refractivity contribution in [3.05, 3.63) is 0 Å². The molecule has 0 aromatic rings. The minimum atomic E-state index is -1.94. The van der Waals surface area contributed by atoms with Crippen LogP contribution in [0.4, 0.5) is 0 Å². The largest absolute Gasteiger partial charge is 0.414 e. The molecule has 2 fully saturated rings. The second kappa shape index (κ2) is 16.7. The smallest absolute Gasteiger partial charge is 0.192 e. The first-order valence-corrected chi connectivity index (χ1v) is 26.6. The second-order valence-corrected chi connectivity index (χ2v) is 32.3. The Morgan fingerprint density at radius 1 is 0.690 bits per heavy atom. The van der Waals surface area contributed by atoms with Crippen LogP contribution in [0.15, 0.2) is 0 Å². The summed E-state index contributed by atoms with van der Waals surface area (Å²) in [5.41, 5.74) is 0. The van der Waals surface area contributed by atoms with E-state index < -0.39 is 16.6 Å². The van der Waals surface area contributed by atoms with Gasteiger partial charge in [0, 0.05) is 12.2 Å². The third-order valence-corrected chi connectivity index (χ3v) is 25.8. The van der Waals surface area contributed by atoms with Gasteiger partial charge in [-0.05, 0) is 118 Å². The van der Waals surface area contributed by atoms with E-state index in [9.17, 15) is 5.11 Å². The van der Waals surface area contributed by atoms with Gasteiger partial charge in [0.1, 0.15) is 0 Å². The van der Waals surface area contributed by atoms with Crippen molar-refractivity contribution in [2.75, 3.05) is 23.0 Å². The van der Waals surface area contributed by atoms with Crippen molar-refractivity contribution >= 4 is 63.7 Å². The number of rotatable bonds is 16. The van der Waals surface area contributed by atoms with Gasteiger partial charge in [0.2, 0.25) is 0 Å². The number of aliphatic hydroxyl groups excluding tert-OH is 1. The van der Waals surface area contributed by atoms with Gasteiger partial charge in [0.25, 0.3) is 0 Å². The highest BCUT2D eigenvalue weighted by atomic mass is 32.2. The molecular formula is C33H68O3S4Si2. The van der Waals surface area contributed by atoms with Gasteiger partial charge < -0.3 is 14.0 Å². The molecule has 9 heteroatoms. The minimum Gasteiger partial charge on any atom is -0.414 e.